The highest BCUT2D eigenvalue weighted by molar-refractivity contribution is 5.82. The zero-order chi connectivity index (χ0) is 15.9. The monoisotopic (exact) mass is 305 g/mol. The zero-order valence-corrected chi connectivity index (χ0v) is 12.8. The molecule has 0 aromatic heterocycles. The average molecular weight is 305 g/mol. The third-order valence-electron chi connectivity index (χ3n) is 3.99. The van der Waals surface area contributed by atoms with Gasteiger partial charge in [-0.3, -0.25) is 15.0 Å². The molecule has 0 aliphatic carbocycles. The minimum atomic E-state index is -0.484. The van der Waals surface area contributed by atoms with Crippen LogP contribution in [0, 0.1) is 5.92 Å². The summed E-state index contributed by atoms with van der Waals surface area (Å²) < 4.78 is 5.78. The van der Waals surface area contributed by atoms with Crippen molar-refractivity contribution in [3.63, 3.8) is 0 Å². The summed E-state index contributed by atoms with van der Waals surface area (Å²) in [6.45, 7) is 3.05. The van der Waals surface area contributed by atoms with Crippen molar-refractivity contribution in [2.45, 2.75) is 32.3 Å². The van der Waals surface area contributed by atoms with E-state index >= 15 is 0 Å². The lowest BCUT2D eigenvalue weighted by atomic mass is 9.96. The first-order valence-electron chi connectivity index (χ1n) is 7.66. The van der Waals surface area contributed by atoms with Gasteiger partial charge in [0.05, 0.1) is 0 Å². The molecule has 0 radical (unpaired) electrons. The number of nitrogens with zero attached hydrogens (tertiary/aromatic N) is 1. The third kappa shape index (κ3) is 3.98. The van der Waals surface area contributed by atoms with Gasteiger partial charge in [0.15, 0.2) is 6.10 Å². The molecule has 1 fully saturated rings. The number of amides is 2. The van der Waals surface area contributed by atoms with Gasteiger partial charge in [-0.15, -0.1) is 0 Å². The molecule has 1 aliphatic rings. The van der Waals surface area contributed by atoms with Gasteiger partial charge in [0, 0.05) is 19.0 Å². The molecule has 0 bridgehead atoms. The van der Waals surface area contributed by atoms with E-state index in [2.05, 4.69) is 5.43 Å². The summed E-state index contributed by atoms with van der Waals surface area (Å²) in [5, 5.41) is 0. The van der Waals surface area contributed by atoms with Gasteiger partial charge in [0.25, 0.3) is 5.91 Å². The van der Waals surface area contributed by atoms with Crippen LogP contribution in [0.1, 0.15) is 26.2 Å². The number of benzene rings is 1. The lowest BCUT2D eigenvalue weighted by molar-refractivity contribution is -0.142. The molecule has 1 unspecified atom stereocenters. The van der Waals surface area contributed by atoms with E-state index in [0.29, 0.717) is 38.1 Å². The van der Waals surface area contributed by atoms with E-state index in [1.165, 1.54) is 0 Å². The third-order valence-corrected chi connectivity index (χ3v) is 3.99. The second-order valence-electron chi connectivity index (χ2n) is 5.44. The topological polar surface area (TPSA) is 84.7 Å². The Labute approximate surface area is 130 Å². The van der Waals surface area contributed by atoms with Crippen LogP contribution in [0.25, 0.3) is 0 Å². The Kier molecular flexibility index (Phi) is 5.77. The minimum Gasteiger partial charge on any atom is -0.481 e. The zero-order valence-electron chi connectivity index (χ0n) is 12.8. The van der Waals surface area contributed by atoms with Gasteiger partial charge in [-0.1, -0.05) is 25.1 Å². The Morgan fingerprint density at radius 1 is 1.32 bits per heavy atom. The average Bonchev–Trinajstić information content (AvgIpc) is 2.59. The van der Waals surface area contributed by atoms with Crippen LogP contribution in [-0.2, 0) is 9.59 Å². The normalized spacial score (nSPS) is 16.9. The van der Waals surface area contributed by atoms with Crippen LogP contribution in [0.4, 0.5) is 0 Å². The molecule has 1 aromatic rings. The van der Waals surface area contributed by atoms with Crippen molar-refractivity contribution in [3.05, 3.63) is 30.3 Å². The second-order valence-corrected chi connectivity index (χ2v) is 5.44. The van der Waals surface area contributed by atoms with Crippen LogP contribution in [0.5, 0.6) is 5.75 Å². The number of ether oxygens (including phenoxy) is 1. The van der Waals surface area contributed by atoms with E-state index in [1.807, 2.05) is 37.3 Å². The molecule has 6 heteroatoms. The van der Waals surface area contributed by atoms with Crippen LogP contribution in [0.2, 0.25) is 0 Å². The largest absolute Gasteiger partial charge is 0.481 e. The number of carbonyl (C=O) groups is 2. The molecule has 2 rings (SSSR count). The Bertz CT molecular complexity index is 499. The molecule has 3 N–H and O–H groups in total. The maximum atomic E-state index is 12.6. The number of hydrogen-bond acceptors (Lipinski definition) is 4. The highest BCUT2D eigenvalue weighted by atomic mass is 16.5. The van der Waals surface area contributed by atoms with E-state index in [9.17, 15) is 9.59 Å². The summed E-state index contributed by atoms with van der Waals surface area (Å²) in [5.74, 6) is 5.57. The Hall–Kier alpha value is -2.08. The van der Waals surface area contributed by atoms with Crippen molar-refractivity contribution in [1.82, 2.24) is 10.3 Å². The van der Waals surface area contributed by atoms with E-state index in [1.54, 1.807) is 4.90 Å². The first kappa shape index (κ1) is 16.3. The van der Waals surface area contributed by atoms with E-state index in [-0.39, 0.29) is 17.7 Å². The molecule has 1 atom stereocenters. The quantitative estimate of drug-likeness (QED) is 0.484. The van der Waals surface area contributed by atoms with Crippen LogP contribution < -0.4 is 16.0 Å². The number of hydrazine groups is 1. The molecular weight excluding hydrogens is 282 g/mol. The first-order valence-corrected chi connectivity index (χ1v) is 7.66. The van der Waals surface area contributed by atoms with Crippen LogP contribution >= 0.6 is 0 Å². The van der Waals surface area contributed by atoms with Crippen molar-refractivity contribution >= 4 is 11.8 Å². The maximum absolute atomic E-state index is 12.6. The standard InChI is InChI=1S/C16H23N3O3/c1-2-14(22-13-6-4-3-5-7-13)16(21)19-10-8-12(9-11-19)15(20)18-17/h3-7,12,14H,2,8-11,17H2,1H3,(H,18,20). The van der Waals surface area contributed by atoms with Crippen molar-refractivity contribution < 1.29 is 14.3 Å². The Balaban J connectivity index is 1.91. The molecule has 1 saturated heterocycles. The van der Waals surface area contributed by atoms with Crippen molar-refractivity contribution in [1.29, 1.82) is 0 Å². The van der Waals surface area contributed by atoms with Crippen molar-refractivity contribution in [2.24, 2.45) is 11.8 Å². The fourth-order valence-electron chi connectivity index (χ4n) is 2.66. The molecule has 0 spiro atoms. The van der Waals surface area contributed by atoms with Crippen molar-refractivity contribution in [3.8, 4) is 5.75 Å². The molecule has 2 amide bonds. The van der Waals surface area contributed by atoms with Crippen LogP contribution in [0.15, 0.2) is 30.3 Å². The number of nitrogens with two attached hydrogens (primary N) is 1. The van der Waals surface area contributed by atoms with Crippen LogP contribution in [-0.4, -0.2) is 35.9 Å². The Morgan fingerprint density at radius 3 is 2.50 bits per heavy atom. The van der Waals surface area contributed by atoms with E-state index < -0.39 is 6.10 Å². The predicted octanol–water partition coefficient (Wildman–Crippen LogP) is 1.07. The molecule has 6 nitrogen and oxygen atoms in total. The smallest absolute Gasteiger partial charge is 0.263 e. The molecule has 1 aliphatic heterocycles. The molecular formula is C16H23N3O3. The maximum Gasteiger partial charge on any atom is 0.263 e. The fourth-order valence-corrected chi connectivity index (χ4v) is 2.66. The SMILES string of the molecule is CCC(Oc1ccccc1)C(=O)N1CCC(C(=O)NN)CC1. The number of carbonyl (C=O) groups excluding carboxylic acids is 2. The Morgan fingerprint density at radius 2 is 1.95 bits per heavy atom. The van der Waals surface area contributed by atoms with Crippen LogP contribution in [0.3, 0.4) is 0 Å². The molecule has 120 valence electrons. The first-order chi connectivity index (χ1) is 10.7. The van der Waals surface area contributed by atoms with Gasteiger partial charge in [0.1, 0.15) is 5.75 Å². The molecule has 22 heavy (non-hydrogen) atoms. The van der Waals surface area contributed by atoms with Gasteiger partial charge in [-0.2, -0.15) is 0 Å². The number of hydrogen-bond donors (Lipinski definition) is 2. The number of rotatable bonds is 5. The van der Waals surface area contributed by atoms with E-state index in [4.69, 9.17) is 10.6 Å². The lowest BCUT2D eigenvalue weighted by Gasteiger charge is -2.33. The molecule has 1 heterocycles. The number of nitrogens with one attached hydrogen (secondary N) is 1. The second kappa shape index (κ2) is 7.79. The van der Waals surface area contributed by atoms with Gasteiger partial charge in [-0.05, 0) is 31.4 Å². The van der Waals surface area contributed by atoms with Gasteiger partial charge in [-0.25, -0.2) is 5.84 Å². The highest BCUT2D eigenvalue weighted by Gasteiger charge is 2.30. The van der Waals surface area contributed by atoms with Gasteiger partial charge >= 0.3 is 0 Å². The fraction of sp³-hybridized carbons (Fsp3) is 0.500. The van der Waals surface area contributed by atoms with Gasteiger partial charge < -0.3 is 9.64 Å². The molecule has 1 aromatic carbocycles. The molecule has 0 saturated carbocycles. The minimum absolute atomic E-state index is 0.0158. The number of para-hydroxylation sites is 1. The summed E-state index contributed by atoms with van der Waals surface area (Å²) in [5.41, 5.74) is 2.18. The highest BCUT2D eigenvalue weighted by Crippen LogP contribution is 2.20. The summed E-state index contributed by atoms with van der Waals surface area (Å²) in [7, 11) is 0. The van der Waals surface area contributed by atoms with E-state index in [0.717, 1.165) is 0 Å². The summed E-state index contributed by atoms with van der Waals surface area (Å²) in [6, 6.07) is 9.34. The lowest BCUT2D eigenvalue weighted by Crippen LogP contribution is -2.48. The summed E-state index contributed by atoms with van der Waals surface area (Å²) in [6.07, 6.45) is 1.40. The summed E-state index contributed by atoms with van der Waals surface area (Å²) >= 11 is 0. The van der Waals surface area contributed by atoms with Gasteiger partial charge in [0.2, 0.25) is 5.91 Å². The number of likely N-dealkylation sites (tertiary alicyclic amines) is 1. The summed E-state index contributed by atoms with van der Waals surface area (Å²) in [4.78, 5) is 25.8. The number of piperidine rings is 1. The van der Waals surface area contributed by atoms with Crippen molar-refractivity contribution in [2.75, 3.05) is 13.1 Å². The predicted molar refractivity (Wildman–Crippen MR) is 82.8 cm³/mol.